The van der Waals surface area contributed by atoms with Crippen LogP contribution in [0.3, 0.4) is 0 Å². The van der Waals surface area contributed by atoms with Gasteiger partial charge in [-0.05, 0) is 79.7 Å². The van der Waals surface area contributed by atoms with Gasteiger partial charge in [0.25, 0.3) is 0 Å². The lowest BCUT2D eigenvalue weighted by Gasteiger charge is -2.05. The Bertz CT molecular complexity index is 1380. The van der Waals surface area contributed by atoms with Crippen molar-refractivity contribution in [1.29, 1.82) is 0 Å². The molecule has 39 heavy (non-hydrogen) atoms. The molecule has 0 bridgehead atoms. The topological polar surface area (TPSA) is 105 Å². The lowest BCUT2D eigenvalue weighted by Crippen LogP contribution is -2.12. The maximum Gasteiger partial charge on any atom is 0.346 e. The first-order valence-corrected chi connectivity index (χ1v) is 11.9. The summed E-state index contributed by atoms with van der Waals surface area (Å²) in [6, 6.07) is 29.5. The first-order chi connectivity index (χ1) is 18.9. The zero-order chi connectivity index (χ0) is 28.0. The van der Waals surface area contributed by atoms with Crippen LogP contribution in [-0.4, -0.2) is 37.6 Å². The standard InChI is InChI=1S/C16H14O4.C15H12O4/c1-2-19-14-10-8-13(9-11-14)16(18)20-15(17)12-6-4-3-5-7-12;1-18-13-9-7-12(8-10-13)15(17)19-14(16)11-5-3-2-4-6-11/h3-11H,2H2,1H3;2-10H,1H3. The first-order valence-electron chi connectivity index (χ1n) is 11.9. The molecule has 0 saturated heterocycles. The molecule has 8 heteroatoms. The Balaban J connectivity index is 0.000000216. The lowest BCUT2D eigenvalue weighted by molar-refractivity contribution is 0.0380. The molecule has 4 rings (SSSR count). The molecule has 0 N–H and O–H groups in total. The quantitative estimate of drug-likeness (QED) is 0.221. The van der Waals surface area contributed by atoms with E-state index < -0.39 is 23.9 Å². The molecule has 0 fully saturated rings. The molecule has 0 spiro atoms. The molecule has 0 heterocycles. The average molecular weight is 527 g/mol. The van der Waals surface area contributed by atoms with Crippen molar-refractivity contribution < 1.29 is 38.1 Å². The average Bonchev–Trinajstić information content (AvgIpc) is 2.99. The Morgan fingerprint density at radius 2 is 0.821 bits per heavy atom. The molecule has 0 radical (unpaired) electrons. The van der Waals surface area contributed by atoms with Crippen molar-refractivity contribution in [2.24, 2.45) is 0 Å². The van der Waals surface area contributed by atoms with Gasteiger partial charge in [0.1, 0.15) is 11.5 Å². The van der Waals surface area contributed by atoms with Gasteiger partial charge in [0.05, 0.1) is 36.0 Å². The van der Waals surface area contributed by atoms with E-state index in [1.807, 2.05) is 6.92 Å². The third-order valence-electron chi connectivity index (χ3n) is 5.12. The maximum atomic E-state index is 11.8. The predicted molar refractivity (Wildman–Crippen MR) is 143 cm³/mol. The summed E-state index contributed by atoms with van der Waals surface area (Å²) in [6.07, 6.45) is 0. The van der Waals surface area contributed by atoms with E-state index in [0.717, 1.165) is 0 Å². The molecule has 0 unspecified atom stereocenters. The summed E-state index contributed by atoms with van der Waals surface area (Å²) in [5.41, 5.74) is 1.28. The van der Waals surface area contributed by atoms with Crippen molar-refractivity contribution in [1.82, 2.24) is 0 Å². The molecule has 8 nitrogen and oxygen atoms in total. The summed E-state index contributed by atoms with van der Waals surface area (Å²) < 4.78 is 19.8. The van der Waals surface area contributed by atoms with Crippen molar-refractivity contribution in [3.05, 3.63) is 131 Å². The van der Waals surface area contributed by atoms with Gasteiger partial charge in [-0.1, -0.05) is 36.4 Å². The molecule has 0 aliphatic heterocycles. The van der Waals surface area contributed by atoms with Gasteiger partial charge < -0.3 is 18.9 Å². The van der Waals surface area contributed by atoms with Gasteiger partial charge in [-0.2, -0.15) is 0 Å². The Morgan fingerprint density at radius 1 is 0.487 bits per heavy atom. The number of esters is 4. The van der Waals surface area contributed by atoms with E-state index in [1.54, 1.807) is 109 Å². The molecule has 0 amide bonds. The maximum absolute atomic E-state index is 11.8. The molecular weight excluding hydrogens is 500 g/mol. The summed E-state index contributed by atoms with van der Waals surface area (Å²) in [4.78, 5) is 47.0. The van der Waals surface area contributed by atoms with Crippen LogP contribution in [-0.2, 0) is 9.47 Å². The first kappa shape index (κ1) is 28.3. The smallest absolute Gasteiger partial charge is 0.346 e. The predicted octanol–water partition coefficient (Wildman–Crippen LogP) is 5.77. The van der Waals surface area contributed by atoms with Crippen LogP contribution in [0, 0.1) is 0 Å². The van der Waals surface area contributed by atoms with Crippen molar-refractivity contribution >= 4 is 23.9 Å². The third-order valence-corrected chi connectivity index (χ3v) is 5.12. The molecule has 0 aliphatic carbocycles. The van der Waals surface area contributed by atoms with Gasteiger partial charge in [-0.3, -0.25) is 0 Å². The molecule has 4 aromatic carbocycles. The fourth-order valence-electron chi connectivity index (χ4n) is 3.13. The summed E-state index contributed by atoms with van der Waals surface area (Å²) in [6.45, 7) is 2.43. The SMILES string of the molecule is CCOc1ccc(C(=O)OC(=O)c2ccccc2)cc1.COc1ccc(C(=O)OC(=O)c2ccccc2)cc1. The van der Waals surface area contributed by atoms with Crippen molar-refractivity contribution in [3.8, 4) is 11.5 Å². The van der Waals surface area contributed by atoms with Gasteiger partial charge in [-0.15, -0.1) is 0 Å². The molecule has 4 aromatic rings. The van der Waals surface area contributed by atoms with Crippen molar-refractivity contribution in [2.75, 3.05) is 13.7 Å². The third kappa shape index (κ3) is 8.68. The summed E-state index contributed by atoms with van der Waals surface area (Å²) in [7, 11) is 1.53. The molecule has 0 atom stereocenters. The minimum atomic E-state index is -0.684. The highest BCUT2D eigenvalue weighted by atomic mass is 16.6. The van der Waals surface area contributed by atoms with Crippen molar-refractivity contribution in [3.63, 3.8) is 0 Å². The van der Waals surface area contributed by atoms with Gasteiger partial charge in [0.2, 0.25) is 0 Å². The van der Waals surface area contributed by atoms with Crippen LogP contribution in [0.1, 0.15) is 48.4 Å². The van der Waals surface area contributed by atoms with Crippen LogP contribution >= 0.6 is 0 Å². The van der Waals surface area contributed by atoms with E-state index in [1.165, 1.54) is 7.11 Å². The Labute approximate surface area is 225 Å². The number of carbonyl (C=O) groups excluding carboxylic acids is 4. The highest BCUT2D eigenvalue weighted by Gasteiger charge is 2.15. The van der Waals surface area contributed by atoms with Gasteiger partial charge >= 0.3 is 23.9 Å². The number of methoxy groups -OCH3 is 1. The fraction of sp³-hybridized carbons (Fsp3) is 0.0968. The van der Waals surface area contributed by atoms with Crippen LogP contribution in [0.2, 0.25) is 0 Å². The van der Waals surface area contributed by atoms with Crippen LogP contribution < -0.4 is 9.47 Å². The highest BCUT2D eigenvalue weighted by Crippen LogP contribution is 2.14. The van der Waals surface area contributed by atoms with E-state index in [-0.39, 0.29) is 0 Å². The normalized spacial score (nSPS) is 9.79. The summed E-state index contributed by atoms with van der Waals surface area (Å²) in [5.74, 6) is -1.39. The second kappa shape index (κ2) is 14.5. The number of hydrogen-bond acceptors (Lipinski definition) is 8. The highest BCUT2D eigenvalue weighted by molar-refractivity contribution is 6.03. The second-order valence-electron chi connectivity index (χ2n) is 7.77. The van der Waals surface area contributed by atoms with E-state index in [2.05, 4.69) is 0 Å². The van der Waals surface area contributed by atoms with Gasteiger partial charge in [-0.25, -0.2) is 19.2 Å². The number of carbonyl (C=O) groups is 4. The van der Waals surface area contributed by atoms with Gasteiger partial charge in [0, 0.05) is 0 Å². The minimum absolute atomic E-state index is 0.296. The molecule has 0 aromatic heterocycles. The number of ether oxygens (including phenoxy) is 4. The van der Waals surface area contributed by atoms with Crippen LogP contribution in [0.4, 0.5) is 0 Å². The van der Waals surface area contributed by atoms with Crippen molar-refractivity contribution in [2.45, 2.75) is 6.92 Å². The molecular formula is C31H26O8. The second-order valence-corrected chi connectivity index (χ2v) is 7.77. The summed E-state index contributed by atoms with van der Waals surface area (Å²) in [5, 5.41) is 0. The van der Waals surface area contributed by atoms with E-state index in [0.29, 0.717) is 40.4 Å². The van der Waals surface area contributed by atoms with Crippen LogP contribution in [0.5, 0.6) is 11.5 Å². The molecule has 0 saturated carbocycles. The van der Waals surface area contributed by atoms with E-state index >= 15 is 0 Å². The van der Waals surface area contributed by atoms with Crippen LogP contribution in [0.15, 0.2) is 109 Å². The van der Waals surface area contributed by atoms with Crippen LogP contribution in [0.25, 0.3) is 0 Å². The zero-order valence-electron chi connectivity index (χ0n) is 21.4. The minimum Gasteiger partial charge on any atom is -0.497 e. The number of rotatable bonds is 7. The Hall–Kier alpha value is -5.24. The Kier molecular flexibility index (Phi) is 10.5. The number of benzene rings is 4. The van der Waals surface area contributed by atoms with E-state index in [4.69, 9.17) is 18.9 Å². The summed E-state index contributed by atoms with van der Waals surface area (Å²) >= 11 is 0. The van der Waals surface area contributed by atoms with Gasteiger partial charge in [0.15, 0.2) is 0 Å². The Morgan fingerprint density at radius 3 is 1.15 bits per heavy atom. The monoisotopic (exact) mass is 526 g/mol. The van der Waals surface area contributed by atoms with E-state index in [9.17, 15) is 19.2 Å². The molecule has 198 valence electrons. The molecule has 0 aliphatic rings. The largest absolute Gasteiger partial charge is 0.497 e. The fourth-order valence-corrected chi connectivity index (χ4v) is 3.13. The lowest BCUT2D eigenvalue weighted by atomic mass is 10.2. The number of hydrogen-bond donors (Lipinski definition) is 0. The zero-order valence-corrected chi connectivity index (χ0v) is 21.4.